The van der Waals surface area contributed by atoms with Gasteiger partial charge in [0.05, 0.1) is 5.92 Å². The lowest BCUT2D eigenvalue weighted by Gasteiger charge is -2.27. The molecule has 1 aliphatic rings. The molecule has 1 aromatic carbocycles. The predicted molar refractivity (Wildman–Crippen MR) is 79.4 cm³/mol. The first-order valence-corrected chi connectivity index (χ1v) is 7.63. The van der Waals surface area contributed by atoms with Crippen LogP contribution in [0.3, 0.4) is 0 Å². The summed E-state index contributed by atoms with van der Waals surface area (Å²) in [7, 11) is 0. The second-order valence-electron chi connectivity index (χ2n) is 5.00. The van der Waals surface area contributed by atoms with Gasteiger partial charge >= 0.3 is 5.97 Å². The standard InChI is InChI=1S/C14H17BrClNO2/c15-13-6-3-11(16)7-10(13)8-17-12-4-1-9(2-5-12)14(18)19/h3,6-7,9,12,17H,1-2,4-5,8H2,(H,18,19). The van der Waals surface area contributed by atoms with Gasteiger partial charge in [-0.3, -0.25) is 4.79 Å². The SMILES string of the molecule is O=C(O)C1CCC(NCc2cc(Cl)ccc2Br)CC1. The van der Waals surface area contributed by atoms with Crippen LogP contribution in [0.15, 0.2) is 22.7 Å². The molecular weight excluding hydrogens is 330 g/mol. The molecule has 0 radical (unpaired) electrons. The molecule has 1 aromatic rings. The maximum absolute atomic E-state index is 10.9. The Labute approximate surface area is 126 Å². The van der Waals surface area contributed by atoms with E-state index >= 15 is 0 Å². The molecule has 2 N–H and O–H groups in total. The Hall–Kier alpha value is -0.580. The first-order chi connectivity index (χ1) is 9.06. The van der Waals surface area contributed by atoms with E-state index in [0.29, 0.717) is 6.04 Å². The minimum absolute atomic E-state index is 0.157. The van der Waals surface area contributed by atoms with Crippen LogP contribution in [0, 0.1) is 5.92 Å². The topological polar surface area (TPSA) is 49.3 Å². The highest BCUT2D eigenvalue weighted by molar-refractivity contribution is 9.10. The summed E-state index contributed by atoms with van der Waals surface area (Å²) in [6, 6.07) is 6.15. The number of nitrogens with one attached hydrogen (secondary N) is 1. The van der Waals surface area contributed by atoms with Crippen molar-refractivity contribution in [2.75, 3.05) is 0 Å². The number of benzene rings is 1. The highest BCUT2D eigenvalue weighted by Gasteiger charge is 2.25. The molecule has 19 heavy (non-hydrogen) atoms. The summed E-state index contributed by atoms with van der Waals surface area (Å²) in [5.41, 5.74) is 1.13. The molecule has 0 unspecified atom stereocenters. The molecule has 2 rings (SSSR count). The molecule has 1 saturated carbocycles. The van der Waals surface area contributed by atoms with Gasteiger partial charge in [-0.05, 0) is 49.4 Å². The molecule has 1 fully saturated rings. The second kappa shape index (κ2) is 6.73. The fraction of sp³-hybridized carbons (Fsp3) is 0.500. The number of carbonyl (C=O) groups is 1. The first kappa shape index (κ1) is 14.8. The third-order valence-corrected chi connectivity index (χ3v) is 4.67. The van der Waals surface area contributed by atoms with Gasteiger partial charge in [0, 0.05) is 22.1 Å². The molecule has 104 valence electrons. The molecule has 0 atom stereocenters. The van der Waals surface area contributed by atoms with Crippen molar-refractivity contribution in [2.24, 2.45) is 5.92 Å². The van der Waals surface area contributed by atoms with Crippen LogP contribution in [-0.2, 0) is 11.3 Å². The molecule has 0 heterocycles. The normalized spacial score (nSPS) is 23.3. The minimum Gasteiger partial charge on any atom is -0.481 e. The lowest BCUT2D eigenvalue weighted by molar-refractivity contribution is -0.142. The number of carboxylic acid groups (broad SMARTS) is 1. The number of hydrogen-bond acceptors (Lipinski definition) is 2. The van der Waals surface area contributed by atoms with Crippen molar-refractivity contribution in [3.63, 3.8) is 0 Å². The highest BCUT2D eigenvalue weighted by atomic mass is 79.9. The highest BCUT2D eigenvalue weighted by Crippen LogP contribution is 2.26. The van der Waals surface area contributed by atoms with E-state index in [1.807, 2.05) is 18.2 Å². The zero-order valence-electron chi connectivity index (χ0n) is 10.5. The average molecular weight is 347 g/mol. The summed E-state index contributed by atoms with van der Waals surface area (Å²) >= 11 is 9.49. The van der Waals surface area contributed by atoms with Gasteiger partial charge in [0.1, 0.15) is 0 Å². The molecule has 0 saturated heterocycles. The van der Waals surface area contributed by atoms with E-state index in [2.05, 4.69) is 21.2 Å². The summed E-state index contributed by atoms with van der Waals surface area (Å²) < 4.78 is 1.05. The third-order valence-electron chi connectivity index (χ3n) is 3.67. The summed E-state index contributed by atoms with van der Waals surface area (Å²) in [6.07, 6.45) is 3.39. The number of hydrogen-bond donors (Lipinski definition) is 2. The third kappa shape index (κ3) is 4.20. The smallest absolute Gasteiger partial charge is 0.306 e. The zero-order chi connectivity index (χ0) is 13.8. The van der Waals surface area contributed by atoms with Crippen LogP contribution in [0.2, 0.25) is 5.02 Å². The van der Waals surface area contributed by atoms with E-state index in [1.165, 1.54) is 0 Å². The molecule has 1 aliphatic carbocycles. The van der Waals surface area contributed by atoms with Crippen LogP contribution < -0.4 is 5.32 Å². The van der Waals surface area contributed by atoms with E-state index in [9.17, 15) is 4.79 Å². The van der Waals surface area contributed by atoms with Crippen molar-refractivity contribution in [2.45, 2.75) is 38.3 Å². The van der Waals surface area contributed by atoms with Crippen LogP contribution in [0.5, 0.6) is 0 Å². The second-order valence-corrected chi connectivity index (χ2v) is 6.29. The van der Waals surface area contributed by atoms with E-state index in [-0.39, 0.29) is 5.92 Å². The Bertz CT molecular complexity index is 459. The van der Waals surface area contributed by atoms with Crippen LogP contribution in [-0.4, -0.2) is 17.1 Å². The van der Waals surface area contributed by atoms with Gasteiger partial charge in [0.2, 0.25) is 0 Å². The van der Waals surface area contributed by atoms with E-state index in [4.69, 9.17) is 16.7 Å². The van der Waals surface area contributed by atoms with E-state index in [1.54, 1.807) is 0 Å². The quantitative estimate of drug-likeness (QED) is 0.871. The average Bonchev–Trinajstić information content (AvgIpc) is 2.40. The van der Waals surface area contributed by atoms with Gasteiger partial charge in [0.15, 0.2) is 0 Å². The molecule has 0 spiro atoms. The Morgan fingerprint density at radius 3 is 2.68 bits per heavy atom. The molecule has 0 bridgehead atoms. The lowest BCUT2D eigenvalue weighted by atomic mass is 9.86. The molecule has 0 amide bonds. The number of rotatable bonds is 4. The Morgan fingerprint density at radius 2 is 2.05 bits per heavy atom. The Morgan fingerprint density at radius 1 is 1.37 bits per heavy atom. The summed E-state index contributed by atoms with van der Waals surface area (Å²) in [6.45, 7) is 0.754. The van der Waals surface area contributed by atoms with Gasteiger partial charge in [-0.25, -0.2) is 0 Å². The van der Waals surface area contributed by atoms with Crippen LogP contribution >= 0.6 is 27.5 Å². The van der Waals surface area contributed by atoms with Gasteiger partial charge in [-0.1, -0.05) is 27.5 Å². The summed E-state index contributed by atoms with van der Waals surface area (Å²) in [5.74, 6) is -0.813. The Balaban J connectivity index is 1.83. The molecule has 0 aliphatic heterocycles. The summed E-state index contributed by atoms with van der Waals surface area (Å²) in [4.78, 5) is 10.9. The van der Waals surface area contributed by atoms with Gasteiger partial charge in [0.25, 0.3) is 0 Å². The van der Waals surface area contributed by atoms with E-state index in [0.717, 1.165) is 47.3 Å². The van der Waals surface area contributed by atoms with Crippen molar-refractivity contribution >= 4 is 33.5 Å². The fourth-order valence-electron chi connectivity index (χ4n) is 2.48. The maximum atomic E-state index is 10.9. The molecule has 0 aromatic heterocycles. The molecular formula is C14H17BrClNO2. The first-order valence-electron chi connectivity index (χ1n) is 6.46. The van der Waals surface area contributed by atoms with Crippen molar-refractivity contribution in [1.29, 1.82) is 0 Å². The monoisotopic (exact) mass is 345 g/mol. The maximum Gasteiger partial charge on any atom is 0.306 e. The minimum atomic E-state index is -0.656. The van der Waals surface area contributed by atoms with Crippen molar-refractivity contribution in [1.82, 2.24) is 5.32 Å². The number of aliphatic carboxylic acids is 1. The summed E-state index contributed by atoms with van der Waals surface area (Å²) in [5, 5.41) is 13.2. The predicted octanol–water partition coefficient (Wildman–Crippen LogP) is 3.84. The van der Waals surface area contributed by atoms with Crippen molar-refractivity contribution in [3.8, 4) is 0 Å². The van der Waals surface area contributed by atoms with E-state index < -0.39 is 5.97 Å². The Kier molecular flexibility index (Phi) is 5.25. The van der Waals surface area contributed by atoms with Crippen LogP contribution in [0.25, 0.3) is 0 Å². The van der Waals surface area contributed by atoms with Gasteiger partial charge in [-0.15, -0.1) is 0 Å². The lowest BCUT2D eigenvalue weighted by Crippen LogP contribution is -2.34. The van der Waals surface area contributed by atoms with Crippen LogP contribution in [0.4, 0.5) is 0 Å². The fourth-order valence-corrected chi connectivity index (χ4v) is 3.06. The molecule has 3 nitrogen and oxygen atoms in total. The zero-order valence-corrected chi connectivity index (χ0v) is 12.9. The van der Waals surface area contributed by atoms with Crippen molar-refractivity contribution in [3.05, 3.63) is 33.3 Å². The number of halogens is 2. The van der Waals surface area contributed by atoms with Crippen molar-refractivity contribution < 1.29 is 9.90 Å². The number of carboxylic acids is 1. The van der Waals surface area contributed by atoms with Crippen LogP contribution in [0.1, 0.15) is 31.2 Å². The van der Waals surface area contributed by atoms with Gasteiger partial charge < -0.3 is 10.4 Å². The largest absolute Gasteiger partial charge is 0.481 e. The van der Waals surface area contributed by atoms with Gasteiger partial charge in [-0.2, -0.15) is 0 Å². The molecule has 5 heteroatoms.